The molecule has 2 aliphatic rings. The number of methoxy groups -OCH3 is 1. The van der Waals surface area contributed by atoms with Gasteiger partial charge in [0.1, 0.15) is 23.7 Å². The standard InChI is InChI=1S/C22H33N3O6S.C6H5F/c1-30-18-8-6-16(7-9-18)15-19(21(26)23-17-10-13-31-14-11-17)24-22(27)20-5-3-4-12-25(20)32(2,28)29;7-6-4-2-1-3-5-6/h6-9,17,19-20H,3-5,10-15H2,1-2H3,(H,23,26)(H,24,27);1-5H/t19-,20-;/m0./s1. The molecule has 11 heteroatoms. The van der Waals surface area contributed by atoms with Gasteiger partial charge in [0.25, 0.3) is 0 Å². The molecule has 2 aromatic carbocycles. The number of sulfonamides is 1. The van der Waals surface area contributed by atoms with Crippen molar-refractivity contribution >= 4 is 21.8 Å². The molecule has 2 amide bonds. The number of carbonyl (C=O) groups excluding carboxylic acids is 2. The van der Waals surface area contributed by atoms with E-state index in [1.807, 2.05) is 12.1 Å². The van der Waals surface area contributed by atoms with Gasteiger partial charge in [0.15, 0.2) is 0 Å². The zero-order valence-corrected chi connectivity index (χ0v) is 23.3. The molecule has 9 nitrogen and oxygen atoms in total. The maximum Gasteiger partial charge on any atom is 0.243 e. The molecule has 0 radical (unpaired) electrons. The molecule has 0 aromatic heterocycles. The zero-order valence-electron chi connectivity index (χ0n) is 22.5. The number of halogens is 1. The van der Waals surface area contributed by atoms with Gasteiger partial charge in [0, 0.05) is 32.2 Å². The van der Waals surface area contributed by atoms with Crippen LogP contribution in [0.5, 0.6) is 5.75 Å². The third-order valence-electron chi connectivity index (χ3n) is 6.71. The van der Waals surface area contributed by atoms with E-state index in [-0.39, 0.29) is 24.2 Å². The van der Waals surface area contributed by atoms with Gasteiger partial charge in [-0.1, -0.05) is 36.8 Å². The number of piperidine rings is 1. The number of amides is 2. The molecule has 214 valence electrons. The number of nitrogens with zero attached hydrogens (tertiary/aromatic N) is 1. The van der Waals surface area contributed by atoms with Gasteiger partial charge in [-0.15, -0.1) is 0 Å². The Morgan fingerprint density at radius 2 is 1.72 bits per heavy atom. The van der Waals surface area contributed by atoms with Gasteiger partial charge >= 0.3 is 0 Å². The smallest absolute Gasteiger partial charge is 0.243 e. The zero-order chi connectivity index (χ0) is 28.3. The molecular weight excluding hydrogens is 525 g/mol. The van der Waals surface area contributed by atoms with Gasteiger partial charge in [0.05, 0.1) is 13.4 Å². The SMILES string of the molecule is COc1ccc(C[C@H](NC(=O)[C@@H]2CCCCN2S(C)(=O)=O)C(=O)NC2CCOCC2)cc1.Fc1ccccc1. The minimum atomic E-state index is -3.52. The van der Waals surface area contributed by atoms with Crippen LogP contribution in [-0.4, -0.2) is 75.8 Å². The van der Waals surface area contributed by atoms with E-state index >= 15 is 0 Å². The van der Waals surface area contributed by atoms with Crippen molar-refractivity contribution in [3.05, 3.63) is 66.0 Å². The second kappa shape index (κ2) is 14.9. The number of nitrogens with one attached hydrogen (secondary N) is 2. The van der Waals surface area contributed by atoms with Gasteiger partial charge in [-0.3, -0.25) is 9.59 Å². The second-order valence-electron chi connectivity index (χ2n) is 9.69. The maximum atomic E-state index is 13.1. The van der Waals surface area contributed by atoms with E-state index in [0.717, 1.165) is 37.5 Å². The summed E-state index contributed by atoms with van der Waals surface area (Å²) in [5.41, 5.74) is 0.863. The van der Waals surface area contributed by atoms with Crippen molar-refractivity contribution in [2.45, 2.75) is 56.7 Å². The largest absolute Gasteiger partial charge is 0.497 e. The maximum absolute atomic E-state index is 13.1. The van der Waals surface area contributed by atoms with Gasteiger partial charge < -0.3 is 20.1 Å². The Hall–Kier alpha value is -3.02. The van der Waals surface area contributed by atoms with E-state index in [1.54, 1.807) is 37.4 Å². The van der Waals surface area contributed by atoms with Crippen LogP contribution in [0.15, 0.2) is 54.6 Å². The average molecular weight is 564 g/mol. The highest BCUT2D eigenvalue weighted by atomic mass is 32.2. The van der Waals surface area contributed by atoms with Crippen LogP contribution >= 0.6 is 0 Å². The molecule has 4 rings (SSSR count). The lowest BCUT2D eigenvalue weighted by Gasteiger charge is -2.34. The van der Waals surface area contributed by atoms with E-state index in [9.17, 15) is 22.4 Å². The first-order valence-electron chi connectivity index (χ1n) is 13.2. The van der Waals surface area contributed by atoms with Gasteiger partial charge in [-0.2, -0.15) is 4.31 Å². The van der Waals surface area contributed by atoms with Crippen molar-refractivity contribution in [1.29, 1.82) is 0 Å². The Morgan fingerprint density at radius 3 is 2.28 bits per heavy atom. The van der Waals surface area contributed by atoms with Crippen molar-refractivity contribution in [1.82, 2.24) is 14.9 Å². The normalized spacial score (nSPS) is 19.2. The van der Waals surface area contributed by atoms with Crippen LogP contribution in [0.3, 0.4) is 0 Å². The molecule has 2 atom stereocenters. The van der Waals surface area contributed by atoms with Gasteiger partial charge in [-0.25, -0.2) is 12.8 Å². The number of benzene rings is 2. The molecule has 2 aromatic rings. The molecule has 2 fully saturated rings. The molecule has 0 aliphatic carbocycles. The van der Waals surface area contributed by atoms with Crippen LogP contribution in [0.2, 0.25) is 0 Å². The molecular formula is C28H38FN3O6S. The number of hydrogen-bond donors (Lipinski definition) is 2. The highest BCUT2D eigenvalue weighted by Gasteiger charge is 2.36. The molecule has 0 bridgehead atoms. The average Bonchev–Trinajstić information content (AvgIpc) is 2.94. The molecule has 2 N–H and O–H groups in total. The van der Waals surface area contributed by atoms with Crippen molar-refractivity contribution in [2.24, 2.45) is 0 Å². The Kier molecular flexibility index (Phi) is 11.7. The Balaban J connectivity index is 0.000000520. The monoisotopic (exact) mass is 563 g/mol. The van der Waals surface area contributed by atoms with Crippen molar-refractivity contribution < 1.29 is 31.9 Å². The van der Waals surface area contributed by atoms with Crippen molar-refractivity contribution in [3.63, 3.8) is 0 Å². The first kappa shape index (κ1) is 30.5. The third-order valence-corrected chi connectivity index (χ3v) is 8.00. The summed E-state index contributed by atoms with van der Waals surface area (Å²) in [6.07, 6.45) is 4.77. The van der Waals surface area contributed by atoms with Crippen LogP contribution < -0.4 is 15.4 Å². The van der Waals surface area contributed by atoms with Crippen LogP contribution in [0.1, 0.15) is 37.7 Å². The van der Waals surface area contributed by atoms with E-state index in [4.69, 9.17) is 9.47 Å². The number of rotatable bonds is 8. The molecule has 39 heavy (non-hydrogen) atoms. The summed E-state index contributed by atoms with van der Waals surface area (Å²) in [7, 11) is -1.94. The number of carbonyl (C=O) groups is 2. The van der Waals surface area contributed by atoms with Gasteiger partial charge in [-0.05, 0) is 55.5 Å². The minimum absolute atomic E-state index is 0.00582. The molecule has 0 spiro atoms. The number of hydrogen-bond acceptors (Lipinski definition) is 6. The predicted molar refractivity (Wildman–Crippen MR) is 146 cm³/mol. The topological polar surface area (TPSA) is 114 Å². The highest BCUT2D eigenvalue weighted by Crippen LogP contribution is 2.21. The summed E-state index contributed by atoms with van der Waals surface area (Å²) in [5, 5.41) is 5.86. The molecule has 2 saturated heterocycles. The first-order valence-corrected chi connectivity index (χ1v) is 15.0. The van der Waals surface area contributed by atoms with E-state index < -0.39 is 28.0 Å². The fourth-order valence-electron chi connectivity index (χ4n) is 4.60. The Morgan fingerprint density at radius 1 is 1.05 bits per heavy atom. The fraction of sp³-hybridized carbons (Fsp3) is 0.500. The Labute approximate surface area is 230 Å². The first-order chi connectivity index (χ1) is 18.7. The third kappa shape index (κ3) is 9.90. The summed E-state index contributed by atoms with van der Waals surface area (Å²) in [6, 6.07) is 13.6. The lowest BCUT2D eigenvalue weighted by Crippen LogP contribution is -2.57. The van der Waals surface area contributed by atoms with Crippen LogP contribution in [0.25, 0.3) is 0 Å². The highest BCUT2D eigenvalue weighted by molar-refractivity contribution is 7.88. The number of ether oxygens (including phenoxy) is 2. The summed E-state index contributed by atoms with van der Waals surface area (Å²) in [4.78, 5) is 26.2. The fourth-order valence-corrected chi connectivity index (χ4v) is 5.72. The van der Waals surface area contributed by atoms with Crippen LogP contribution in [0, 0.1) is 5.82 Å². The summed E-state index contributed by atoms with van der Waals surface area (Å²) in [5.74, 6) is -0.187. The molecule has 2 heterocycles. The molecule has 0 saturated carbocycles. The minimum Gasteiger partial charge on any atom is -0.497 e. The summed E-state index contributed by atoms with van der Waals surface area (Å²) >= 11 is 0. The molecule has 0 unspecified atom stereocenters. The summed E-state index contributed by atoms with van der Waals surface area (Å²) < 4.78 is 48.0. The Bertz CT molecular complexity index is 1160. The lowest BCUT2D eigenvalue weighted by atomic mass is 10.0. The quantitative estimate of drug-likeness (QED) is 0.511. The van der Waals surface area contributed by atoms with Gasteiger partial charge in [0.2, 0.25) is 21.8 Å². The summed E-state index contributed by atoms with van der Waals surface area (Å²) in [6.45, 7) is 1.49. The lowest BCUT2D eigenvalue weighted by molar-refractivity contribution is -0.132. The predicted octanol–water partition coefficient (Wildman–Crippen LogP) is 2.66. The second-order valence-corrected chi connectivity index (χ2v) is 11.6. The van der Waals surface area contributed by atoms with E-state index in [1.165, 1.54) is 16.4 Å². The van der Waals surface area contributed by atoms with Crippen molar-refractivity contribution in [3.8, 4) is 5.75 Å². The van der Waals surface area contributed by atoms with E-state index in [0.29, 0.717) is 31.9 Å². The van der Waals surface area contributed by atoms with Crippen LogP contribution in [-0.2, 0) is 30.8 Å². The van der Waals surface area contributed by atoms with Crippen molar-refractivity contribution in [2.75, 3.05) is 33.1 Å². The van der Waals surface area contributed by atoms with Crippen LogP contribution in [0.4, 0.5) is 4.39 Å². The molecule has 2 aliphatic heterocycles. The van der Waals surface area contributed by atoms with E-state index in [2.05, 4.69) is 10.6 Å².